The quantitative estimate of drug-likeness (QED) is 0.448. The summed E-state index contributed by atoms with van der Waals surface area (Å²) in [6.45, 7) is 5.64. The van der Waals surface area contributed by atoms with Gasteiger partial charge in [-0.05, 0) is 80.7 Å². The fourth-order valence-electron chi connectivity index (χ4n) is 4.27. The van der Waals surface area contributed by atoms with Gasteiger partial charge in [-0.25, -0.2) is 13.6 Å². The first kappa shape index (κ1) is 21.3. The lowest BCUT2D eigenvalue weighted by atomic mass is 9.89. The Balaban J connectivity index is 1.43. The molecule has 1 saturated heterocycles. The molecule has 1 fully saturated rings. The summed E-state index contributed by atoms with van der Waals surface area (Å²) in [5.41, 5.74) is 3.16. The van der Waals surface area contributed by atoms with Crippen LogP contribution in [0.15, 0.2) is 42.6 Å². The van der Waals surface area contributed by atoms with E-state index in [4.69, 9.17) is 0 Å². The Morgan fingerprint density at radius 1 is 1.06 bits per heavy atom. The van der Waals surface area contributed by atoms with E-state index in [1.54, 1.807) is 0 Å². The Bertz CT molecular complexity index is 1060. The number of piperidine rings is 1. The molecule has 3 N–H and O–H groups in total. The normalized spacial score (nSPS) is 15.3. The van der Waals surface area contributed by atoms with Crippen LogP contribution in [0.5, 0.6) is 0 Å². The van der Waals surface area contributed by atoms with E-state index in [1.807, 2.05) is 18.2 Å². The van der Waals surface area contributed by atoms with Crippen molar-refractivity contribution in [2.24, 2.45) is 0 Å². The Labute approximate surface area is 180 Å². The minimum absolute atomic E-state index is 0.189. The smallest absolute Gasteiger partial charge is 0.323 e. The molecule has 0 spiro atoms. The van der Waals surface area contributed by atoms with Crippen LogP contribution in [0.1, 0.15) is 44.1 Å². The number of likely N-dealkylation sites (tertiary alicyclic amines) is 1. The molecule has 4 rings (SSSR count). The molecule has 0 saturated carbocycles. The zero-order chi connectivity index (χ0) is 21.8. The van der Waals surface area contributed by atoms with Crippen molar-refractivity contribution >= 4 is 28.3 Å². The summed E-state index contributed by atoms with van der Waals surface area (Å²) in [7, 11) is 0. The molecule has 0 aliphatic carbocycles. The average molecular weight is 427 g/mol. The van der Waals surface area contributed by atoms with E-state index in [0.717, 1.165) is 49.0 Å². The molecular weight excluding hydrogens is 398 g/mol. The van der Waals surface area contributed by atoms with E-state index in [2.05, 4.69) is 33.6 Å². The van der Waals surface area contributed by atoms with Gasteiger partial charge in [0.1, 0.15) is 0 Å². The Hall–Kier alpha value is -2.93. The number of carbonyl (C=O) groups excluding carboxylic acids is 1. The Morgan fingerprint density at radius 3 is 2.48 bits per heavy atom. The van der Waals surface area contributed by atoms with Crippen LogP contribution < -0.4 is 10.6 Å². The fraction of sp³-hybridized carbons (Fsp3) is 0.375. The first-order valence-corrected chi connectivity index (χ1v) is 10.9. The second kappa shape index (κ2) is 9.47. The molecule has 0 unspecified atom stereocenters. The number of benzene rings is 2. The van der Waals surface area contributed by atoms with Gasteiger partial charge in [0.15, 0.2) is 11.6 Å². The first-order chi connectivity index (χ1) is 15.0. The number of carbonyl (C=O) groups is 1. The third-order valence-electron chi connectivity index (χ3n) is 6.00. The largest absolute Gasteiger partial charge is 0.361 e. The van der Waals surface area contributed by atoms with E-state index in [9.17, 15) is 13.6 Å². The SMILES string of the molecule is CCCCN1CCC(c2c[nH]c3ccc(NC(=O)Nc4ccc(F)c(F)c4)cc23)CC1. The van der Waals surface area contributed by atoms with Crippen molar-refractivity contribution in [3.8, 4) is 0 Å². The molecule has 0 atom stereocenters. The first-order valence-electron chi connectivity index (χ1n) is 10.9. The summed E-state index contributed by atoms with van der Waals surface area (Å²) in [6.07, 6.45) is 6.82. The van der Waals surface area contributed by atoms with Gasteiger partial charge in [-0.3, -0.25) is 0 Å². The van der Waals surface area contributed by atoms with Gasteiger partial charge < -0.3 is 20.5 Å². The van der Waals surface area contributed by atoms with Crippen LogP contribution in [0, 0.1) is 11.6 Å². The number of aromatic amines is 1. The number of aromatic nitrogens is 1. The molecule has 1 aliphatic rings. The molecule has 0 bridgehead atoms. The number of rotatable bonds is 6. The molecule has 1 aliphatic heterocycles. The van der Waals surface area contributed by atoms with Crippen molar-refractivity contribution in [1.29, 1.82) is 0 Å². The van der Waals surface area contributed by atoms with Crippen LogP contribution in [-0.2, 0) is 0 Å². The summed E-state index contributed by atoms with van der Waals surface area (Å²) in [4.78, 5) is 18.2. The highest BCUT2D eigenvalue weighted by Crippen LogP contribution is 2.34. The van der Waals surface area contributed by atoms with Crippen molar-refractivity contribution in [3.63, 3.8) is 0 Å². The predicted octanol–water partition coefficient (Wildman–Crippen LogP) is 6.07. The number of amides is 2. The lowest BCUT2D eigenvalue weighted by Crippen LogP contribution is -2.33. The number of halogens is 2. The van der Waals surface area contributed by atoms with Crippen LogP contribution >= 0.6 is 0 Å². The standard InChI is InChI=1S/C24H28F2N4O/c1-2-3-10-30-11-8-16(9-12-30)20-15-27-23-7-5-17(13-19(20)23)28-24(31)29-18-4-6-21(25)22(26)14-18/h4-7,13-16,27H,2-3,8-12H2,1H3,(H2,28,29,31). The lowest BCUT2D eigenvalue weighted by molar-refractivity contribution is 0.210. The third kappa shape index (κ3) is 5.05. The number of nitrogens with one attached hydrogen (secondary N) is 3. The zero-order valence-corrected chi connectivity index (χ0v) is 17.7. The van der Waals surface area contributed by atoms with Gasteiger partial charge in [-0.1, -0.05) is 13.3 Å². The minimum Gasteiger partial charge on any atom is -0.361 e. The van der Waals surface area contributed by atoms with E-state index in [-0.39, 0.29) is 5.69 Å². The van der Waals surface area contributed by atoms with Crippen LogP contribution in [0.2, 0.25) is 0 Å². The van der Waals surface area contributed by atoms with Gasteiger partial charge in [0.2, 0.25) is 0 Å². The number of unbranched alkanes of at least 4 members (excludes halogenated alkanes) is 1. The second-order valence-electron chi connectivity index (χ2n) is 8.18. The highest BCUT2D eigenvalue weighted by molar-refractivity contribution is 6.01. The summed E-state index contributed by atoms with van der Waals surface area (Å²) in [5.74, 6) is -1.46. The van der Waals surface area contributed by atoms with Crippen molar-refractivity contribution in [2.75, 3.05) is 30.3 Å². The summed E-state index contributed by atoms with van der Waals surface area (Å²) >= 11 is 0. The number of anilines is 2. The highest BCUT2D eigenvalue weighted by Gasteiger charge is 2.22. The molecule has 1 aromatic heterocycles. The Kier molecular flexibility index (Phi) is 6.51. The lowest BCUT2D eigenvalue weighted by Gasteiger charge is -2.31. The van der Waals surface area contributed by atoms with E-state index >= 15 is 0 Å². The molecule has 164 valence electrons. The van der Waals surface area contributed by atoms with Gasteiger partial charge in [-0.2, -0.15) is 0 Å². The molecule has 0 radical (unpaired) electrons. The topological polar surface area (TPSA) is 60.2 Å². The predicted molar refractivity (Wildman–Crippen MR) is 121 cm³/mol. The number of hydrogen-bond acceptors (Lipinski definition) is 2. The highest BCUT2D eigenvalue weighted by atomic mass is 19.2. The summed E-state index contributed by atoms with van der Waals surface area (Å²) in [6, 6.07) is 8.48. The maximum Gasteiger partial charge on any atom is 0.323 e. The van der Waals surface area contributed by atoms with E-state index in [1.165, 1.54) is 31.0 Å². The molecule has 2 heterocycles. The zero-order valence-electron chi connectivity index (χ0n) is 17.7. The van der Waals surface area contributed by atoms with Gasteiger partial charge in [-0.15, -0.1) is 0 Å². The van der Waals surface area contributed by atoms with Gasteiger partial charge >= 0.3 is 6.03 Å². The van der Waals surface area contributed by atoms with Crippen molar-refractivity contribution in [1.82, 2.24) is 9.88 Å². The fourth-order valence-corrected chi connectivity index (χ4v) is 4.27. The number of hydrogen-bond donors (Lipinski definition) is 3. The van der Waals surface area contributed by atoms with Crippen molar-refractivity contribution in [3.05, 3.63) is 59.8 Å². The number of H-pyrrole nitrogens is 1. The van der Waals surface area contributed by atoms with Gasteiger partial charge in [0, 0.05) is 34.5 Å². The van der Waals surface area contributed by atoms with Crippen LogP contribution in [0.3, 0.4) is 0 Å². The number of fused-ring (bicyclic) bond motifs is 1. The number of nitrogens with zero attached hydrogens (tertiary/aromatic N) is 1. The van der Waals surface area contributed by atoms with E-state index < -0.39 is 17.7 Å². The maximum absolute atomic E-state index is 13.3. The van der Waals surface area contributed by atoms with E-state index in [0.29, 0.717) is 11.6 Å². The Morgan fingerprint density at radius 2 is 1.77 bits per heavy atom. The van der Waals surface area contributed by atoms with Crippen molar-refractivity contribution in [2.45, 2.75) is 38.5 Å². The average Bonchev–Trinajstić information content (AvgIpc) is 3.18. The third-order valence-corrected chi connectivity index (χ3v) is 6.00. The van der Waals surface area contributed by atoms with Gasteiger partial charge in [0.05, 0.1) is 0 Å². The van der Waals surface area contributed by atoms with Crippen LogP contribution in [-0.4, -0.2) is 35.5 Å². The van der Waals surface area contributed by atoms with Gasteiger partial charge in [0.25, 0.3) is 0 Å². The maximum atomic E-state index is 13.3. The minimum atomic E-state index is -1.00. The molecular formula is C24H28F2N4O. The molecule has 7 heteroatoms. The molecule has 5 nitrogen and oxygen atoms in total. The monoisotopic (exact) mass is 426 g/mol. The summed E-state index contributed by atoms with van der Waals surface area (Å²) in [5, 5.41) is 6.42. The number of urea groups is 1. The van der Waals surface area contributed by atoms with Crippen LogP contribution in [0.4, 0.5) is 25.0 Å². The second-order valence-corrected chi connectivity index (χ2v) is 8.18. The van der Waals surface area contributed by atoms with Crippen molar-refractivity contribution < 1.29 is 13.6 Å². The molecule has 3 aromatic rings. The molecule has 31 heavy (non-hydrogen) atoms. The molecule has 2 amide bonds. The summed E-state index contributed by atoms with van der Waals surface area (Å²) < 4.78 is 26.4. The van der Waals surface area contributed by atoms with Crippen LogP contribution in [0.25, 0.3) is 10.9 Å². The molecule has 2 aromatic carbocycles.